The average molecular weight is 247 g/mol. The Balaban J connectivity index is 2.71. The van der Waals surface area contributed by atoms with Crippen molar-refractivity contribution >= 4 is 16.9 Å². The quantitative estimate of drug-likeness (QED) is 0.869. The number of aromatic nitrogens is 1. The summed E-state index contributed by atoms with van der Waals surface area (Å²) in [6.45, 7) is 2.13. The molecule has 2 aromatic rings. The number of carbonyl (C=O) groups is 1. The number of hydrogen-bond acceptors (Lipinski definition) is 2. The zero-order chi connectivity index (χ0) is 13.3. The first-order valence-electron chi connectivity index (χ1n) is 5.99. The Morgan fingerprint density at radius 3 is 2.72 bits per heavy atom. The molecule has 0 saturated heterocycles. The molecular formula is C14H17NO3. The smallest absolute Gasteiger partial charge is 0.337 e. The maximum atomic E-state index is 11.2. The minimum Gasteiger partial charge on any atom is -0.478 e. The molecule has 0 radical (unpaired) electrons. The zero-order valence-corrected chi connectivity index (χ0v) is 10.6. The van der Waals surface area contributed by atoms with E-state index in [1.165, 1.54) is 0 Å². The normalized spacial score (nSPS) is 11.1. The maximum Gasteiger partial charge on any atom is 0.337 e. The van der Waals surface area contributed by atoms with Crippen LogP contribution in [0.4, 0.5) is 0 Å². The van der Waals surface area contributed by atoms with Gasteiger partial charge in [-0.05, 0) is 31.4 Å². The zero-order valence-electron chi connectivity index (χ0n) is 10.6. The fourth-order valence-electron chi connectivity index (χ4n) is 2.46. The van der Waals surface area contributed by atoms with Crippen LogP contribution in [-0.2, 0) is 13.5 Å². The third-order valence-corrected chi connectivity index (χ3v) is 3.45. The minimum absolute atomic E-state index is 0.147. The van der Waals surface area contributed by atoms with Crippen LogP contribution in [0, 0.1) is 6.92 Å². The second-order valence-corrected chi connectivity index (χ2v) is 4.46. The van der Waals surface area contributed by atoms with Crippen molar-refractivity contribution < 1.29 is 15.0 Å². The second kappa shape index (κ2) is 4.82. The van der Waals surface area contributed by atoms with Crippen molar-refractivity contribution in [2.24, 2.45) is 7.05 Å². The van der Waals surface area contributed by atoms with E-state index in [0.717, 1.165) is 28.6 Å². The molecule has 96 valence electrons. The van der Waals surface area contributed by atoms with E-state index >= 15 is 0 Å². The summed E-state index contributed by atoms with van der Waals surface area (Å²) in [6, 6.07) is 5.34. The van der Waals surface area contributed by atoms with Gasteiger partial charge in [0.1, 0.15) is 0 Å². The van der Waals surface area contributed by atoms with Crippen LogP contribution in [-0.4, -0.2) is 27.4 Å². The fraction of sp³-hybridized carbons (Fsp3) is 0.357. The fourth-order valence-corrected chi connectivity index (χ4v) is 2.46. The van der Waals surface area contributed by atoms with Gasteiger partial charge in [-0.2, -0.15) is 0 Å². The lowest BCUT2D eigenvalue weighted by Crippen LogP contribution is -2.01. The highest BCUT2D eigenvalue weighted by atomic mass is 16.4. The lowest BCUT2D eigenvalue weighted by molar-refractivity contribution is 0.0698. The molecule has 0 aliphatic rings. The number of fused-ring (bicyclic) bond motifs is 1. The summed E-state index contributed by atoms with van der Waals surface area (Å²) in [7, 11) is 1.88. The highest BCUT2D eigenvalue weighted by Crippen LogP contribution is 2.28. The topological polar surface area (TPSA) is 62.5 Å². The van der Waals surface area contributed by atoms with E-state index in [4.69, 9.17) is 5.11 Å². The molecule has 0 amide bonds. The Morgan fingerprint density at radius 2 is 2.11 bits per heavy atom. The largest absolute Gasteiger partial charge is 0.478 e. The molecule has 1 heterocycles. The third-order valence-electron chi connectivity index (χ3n) is 3.45. The molecule has 0 saturated carbocycles. The van der Waals surface area contributed by atoms with Crippen molar-refractivity contribution in [3.05, 3.63) is 35.0 Å². The van der Waals surface area contributed by atoms with E-state index in [-0.39, 0.29) is 6.61 Å². The summed E-state index contributed by atoms with van der Waals surface area (Å²) in [5.74, 6) is -0.907. The number of carboxylic acids is 1. The van der Waals surface area contributed by atoms with Crippen LogP contribution in [0.1, 0.15) is 28.0 Å². The van der Waals surface area contributed by atoms with Gasteiger partial charge in [0, 0.05) is 24.7 Å². The number of aliphatic hydroxyl groups is 1. The second-order valence-electron chi connectivity index (χ2n) is 4.46. The Hall–Kier alpha value is -1.81. The van der Waals surface area contributed by atoms with E-state index in [2.05, 4.69) is 0 Å². The number of nitrogens with zero attached hydrogens (tertiary/aromatic N) is 1. The highest BCUT2D eigenvalue weighted by Gasteiger charge is 2.17. The lowest BCUT2D eigenvalue weighted by atomic mass is 10.0. The molecule has 4 heteroatoms. The van der Waals surface area contributed by atoms with Crippen LogP contribution < -0.4 is 0 Å². The van der Waals surface area contributed by atoms with E-state index in [9.17, 15) is 9.90 Å². The molecule has 0 atom stereocenters. The van der Waals surface area contributed by atoms with E-state index < -0.39 is 5.97 Å². The number of aryl methyl sites for hydroxylation is 2. The molecule has 0 aliphatic heterocycles. The van der Waals surface area contributed by atoms with Gasteiger partial charge in [-0.25, -0.2) is 4.79 Å². The lowest BCUT2D eigenvalue weighted by Gasteiger charge is -2.02. The average Bonchev–Trinajstić information content (AvgIpc) is 2.60. The van der Waals surface area contributed by atoms with Gasteiger partial charge in [0.15, 0.2) is 0 Å². The molecular weight excluding hydrogens is 230 g/mol. The van der Waals surface area contributed by atoms with Crippen LogP contribution in [0.2, 0.25) is 0 Å². The number of rotatable bonds is 4. The first kappa shape index (κ1) is 12.6. The van der Waals surface area contributed by atoms with Crippen LogP contribution in [0.5, 0.6) is 0 Å². The summed E-state index contributed by atoms with van der Waals surface area (Å²) >= 11 is 0. The summed E-state index contributed by atoms with van der Waals surface area (Å²) in [6.07, 6.45) is 1.46. The predicted molar refractivity (Wildman–Crippen MR) is 70.0 cm³/mol. The van der Waals surface area contributed by atoms with Crippen molar-refractivity contribution in [2.75, 3.05) is 6.61 Å². The van der Waals surface area contributed by atoms with Gasteiger partial charge in [-0.3, -0.25) is 0 Å². The van der Waals surface area contributed by atoms with E-state index in [1.807, 2.05) is 24.6 Å². The first-order valence-corrected chi connectivity index (χ1v) is 5.99. The summed E-state index contributed by atoms with van der Waals surface area (Å²) in [5, 5.41) is 19.1. The van der Waals surface area contributed by atoms with E-state index in [1.54, 1.807) is 12.1 Å². The van der Waals surface area contributed by atoms with Crippen molar-refractivity contribution in [3.63, 3.8) is 0 Å². The maximum absolute atomic E-state index is 11.2. The summed E-state index contributed by atoms with van der Waals surface area (Å²) in [5.41, 5.74) is 3.28. The number of aliphatic hydroxyl groups excluding tert-OH is 1. The van der Waals surface area contributed by atoms with E-state index in [0.29, 0.717) is 12.0 Å². The summed E-state index contributed by atoms with van der Waals surface area (Å²) in [4.78, 5) is 11.2. The molecule has 1 aromatic carbocycles. The van der Waals surface area contributed by atoms with Crippen molar-refractivity contribution in [3.8, 4) is 0 Å². The number of aromatic carboxylic acids is 1. The van der Waals surface area contributed by atoms with Gasteiger partial charge in [0.25, 0.3) is 0 Å². The molecule has 2 N–H and O–H groups in total. The Labute approximate surface area is 105 Å². The Bertz CT molecular complexity index is 599. The molecule has 18 heavy (non-hydrogen) atoms. The molecule has 0 fully saturated rings. The molecule has 0 aliphatic carbocycles. The SMILES string of the molecule is Cc1c(CCCO)c2cccc(C(=O)O)c2n1C. The van der Waals surface area contributed by atoms with Crippen molar-refractivity contribution in [2.45, 2.75) is 19.8 Å². The number of para-hydroxylation sites is 1. The van der Waals surface area contributed by atoms with Crippen molar-refractivity contribution in [1.82, 2.24) is 4.57 Å². The molecule has 0 spiro atoms. The predicted octanol–water partition coefficient (Wildman–Crippen LogP) is 2.11. The standard InChI is InChI=1S/C14H17NO3/c1-9-10(7-4-8-16)11-5-3-6-12(14(17)18)13(11)15(9)2/h3,5-6,16H,4,7-8H2,1-2H3,(H,17,18). The monoisotopic (exact) mass is 247 g/mol. The van der Waals surface area contributed by atoms with Gasteiger partial charge < -0.3 is 14.8 Å². The van der Waals surface area contributed by atoms with Gasteiger partial charge in [0.05, 0.1) is 11.1 Å². The molecule has 0 unspecified atom stereocenters. The number of hydrogen-bond donors (Lipinski definition) is 2. The highest BCUT2D eigenvalue weighted by molar-refractivity contribution is 6.03. The van der Waals surface area contributed by atoms with Crippen molar-refractivity contribution in [1.29, 1.82) is 0 Å². The van der Waals surface area contributed by atoms with Crippen LogP contribution in [0.15, 0.2) is 18.2 Å². The Morgan fingerprint density at radius 1 is 1.39 bits per heavy atom. The third kappa shape index (κ3) is 1.88. The number of benzene rings is 1. The minimum atomic E-state index is -0.907. The first-order chi connectivity index (χ1) is 8.57. The van der Waals surface area contributed by atoms with Crippen LogP contribution in [0.3, 0.4) is 0 Å². The summed E-state index contributed by atoms with van der Waals surface area (Å²) < 4.78 is 1.92. The Kier molecular flexibility index (Phi) is 3.39. The molecule has 1 aromatic heterocycles. The van der Waals surface area contributed by atoms with Gasteiger partial charge >= 0.3 is 5.97 Å². The number of carboxylic acid groups (broad SMARTS) is 1. The molecule has 4 nitrogen and oxygen atoms in total. The molecule has 0 bridgehead atoms. The molecule has 2 rings (SSSR count). The van der Waals surface area contributed by atoms with Gasteiger partial charge in [-0.1, -0.05) is 12.1 Å². The van der Waals surface area contributed by atoms with Crippen LogP contribution in [0.25, 0.3) is 10.9 Å². The van der Waals surface area contributed by atoms with Gasteiger partial charge in [-0.15, -0.1) is 0 Å². The van der Waals surface area contributed by atoms with Gasteiger partial charge in [0.2, 0.25) is 0 Å². The van der Waals surface area contributed by atoms with Crippen LogP contribution >= 0.6 is 0 Å².